The Hall–Kier alpha value is -1.12. The van der Waals surface area contributed by atoms with Crippen LogP contribution in [0.5, 0.6) is 0 Å². The van der Waals surface area contributed by atoms with Crippen LogP contribution in [0.25, 0.3) is 0 Å². The highest BCUT2D eigenvalue weighted by molar-refractivity contribution is 9.10. The van der Waals surface area contributed by atoms with Crippen molar-refractivity contribution in [2.75, 3.05) is 18.8 Å². The van der Waals surface area contributed by atoms with Crippen molar-refractivity contribution in [3.05, 3.63) is 22.7 Å². The molecule has 0 radical (unpaired) electrons. The van der Waals surface area contributed by atoms with E-state index < -0.39 is 10.0 Å². The zero-order valence-electron chi connectivity index (χ0n) is 11.3. The van der Waals surface area contributed by atoms with Gasteiger partial charge in [0.15, 0.2) is 0 Å². The molecule has 1 aromatic rings. The normalized spacial score (nSPS) is 26.4. The second-order valence-electron chi connectivity index (χ2n) is 5.37. The van der Waals surface area contributed by atoms with E-state index in [1.165, 1.54) is 10.4 Å². The third-order valence-corrected chi connectivity index (χ3v) is 6.99. The van der Waals surface area contributed by atoms with Crippen LogP contribution in [-0.2, 0) is 14.8 Å². The quantitative estimate of drug-likeness (QED) is 0.754. The van der Waals surface area contributed by atoms with Crippen molar-refractivity contribution < 1.29 is 13.2 Å². The highest BCUT2D eigenvalue weighted by Crippen LogP contribution is 2.34. The number of nitrogens with two attached hydrogens (primary N) is 1. The van der Waals surface area contributed by atoms with Gasteiger partial charge in [-0.2, -0.15) is 4.31 Å². The lowest BCUT2D eigenvalue weighted by Gasteiger charge is -2.34. The van der Waals surface area contributed by atoms with Gasteiger partial charge in [0.25, 0.3) is 0 Å². The van der Waals surface area contributed by atoms with E-state index in [2.05, 4.69) is 21.2 Å². The summed E-state index contributed by atoms with van der Waals surface area (Å²) in [5.41, 5.74) is 6.16. The number of sulfonamides is 1. The molecule has 0 saturated carbocycles. The van der Waals surface area contributed by atoms with Crippen LogP contribution in [0.2, 0.25) is 0 Å². The van der Waals surface area contributed by atoms with Crippen LogP contribution in [0.4, 0.5) is 5.69 Å². The lowest BCUT2D eigenvalue weighted by Crippen LogP contribution is -2.48. The number of rotatable bonds is 2. The summed E-state index contributed by atoms with van der Waals surface area (Å²) in [4.78, 5) is 12.0. The highest BCUT2D eigenvalue weighted by Gasteiger charge is 2.45. The Balaban J connectivity index is 1.99. The van der Waals surface area contributed by atoms with E-state index in [9.17, 15) is 13.2 Å². The molecule has 2 fully saturated rings. The van der Waals surface area contributed by atoms with E-state index in [-0.39, 0.29) is 22.8 Å². The summed E-state index contributed by atoms with van der Waals surface area (Å²) in [6.07, 6.45) is 1.44. The third-order valence-electron chi connectivity index (χ3n) is 4.09. The number of hydrogen-bond donors (Lipinski definition) is 2. The average Bonchev–Trinajstić information content (AvgIpc) is 2.80. The van der Waals surface area contributed by atoms with Crippen LogP contribution in [0.15, 0.2) is 27.6 Å². The van der Waals surface area contributed by atoms with E-state index >= 15 is 0 Å². The van der Waals surface area contributed by atoms with E-state index in [0.29, 0.717) is 29.7 Å². The summed E-state index contributed by atoms with van der Waals surface area (Å²) >= 11 is 3.27. The lowest BCUT2D eigenvalue weighted by atomic mass is 9.93. The molecule has 6 nitrogen and oxygen atoms in total. The van der Waals surface area contributed by atoms with Crippen molar-refractivity contribution in [1.82, 2.24) is 9.62 Å². The van der Waals surface area contributed by atoms with E-state index in [1.807, 2.05) is 0 Å². The Morgan fingerprint density at radius 2 is 2.14 bits per heavy atom. The number of carbonyl (C=O) groups is 1. The SMILES string of the molecule is Nc1ccc(S(=O)(=O)N2CCCC3C(=O)NCC32)c(Br)c1. The van der Waals surface area contributed by atoms with Crippen molar-refractivity contribution in [3.8, 4) is 0 Å². The van der Waals surface area contributed by atoms with Gasteiger partial charge in [0.05, 0.1) is 16.9 Å². The first-order chi connectivity index (χ1) is 9.91. The van der Waals surface area contributed by atoms with E-state index in [4.69, 9.17) is 5.73 Å². The molecule has 3 rings (SSSR count). The van der Waals surface area contributed by atoms with Gasteiger partial charge in [0.1, 0.15) is 0 Å². The van der Waals surface area contributed by atoms with Crippen LogP contribution in [0, 0.1) is 5.92 Å². The number of amides is 1. The molecule has 2 aliphatic rings. The Morgan fingerprint density at radius 1 is 1.38 bits per heavy atom. The van der Waals surface area contributed by atoms with Crippen molar-refractivity contribution in [3.63, 3.8) is 0 Å². The first-order valence-electron chi connectivity index (χ1n) is 6.76. The van der Waals surface area contributed by atoms with Crippen LogP contribution >= 0.6 is 15.9 Å². The van der Waals surface area contributed by atoms with Crippen molar-refractivity contribution in [2.24, 2.45) is 5.92 Å². The maximum Gasteiger partial charge on any atom is 0.244 e. The van der Waals surface area contributed by atoms with Crippen molar-refractivity contribution in [2.45, 2.75) is 23.8 Å². The zero-order valence-corrected chi connectivity index (χ0v) is 13.7. The lowest BCUT2D eigenvalue weighted by molar-refractivity contribution is -0.123. The third kappa shape index (κ3) is 2.45. The largest absolute Gasteiger partial charge is 0.399 e. The number of nitrogens with one attached hydrogen (secondary N) is 1. The molecule has 0 bridgehead atoms. The monoisotopic (exact) mass is 373 g/mol. The van der Waals surface area contributed by atoms with Crippen molar-refractivity contribution in [1.29, 1.82) is 0 Å². The molecule has 1 aromatic carbocycles. The van der Waals surface area contributed by atoms with Gasteiger partial charge in [-0.05, 0) is 47.0 Å². The van der Waals surface area contributed by atoms with Gasteiger partial charge in [-0.15, -0.1) is 0 Å². The average molecular weight is 374 g/mol. The number of carbonyl (C=O) groups excluding carboxylic acids is 1. The minimum atomic E-state index is -3.65. The maximum absolute atomic E-state index is 12.9. The first-order valence-corrected chi connectivity index (χ1v) is 8.99. The fraction of sp³-hybridized carbons (Fsp3) is 0.462. The fourth-order valence-electron chi connectivity index (χ4n) is 3.06. The number of nitrogens with zero attached hydrogens (tertiary/aromatic N) is 1. The Kier molecular flexibility index (Phi) is 3.71. The summed E-state index contributed by atoms with van der Waals surface area (Å²) in [5.74, 6) is -0.280. The topological polar surface area (TPSA) is 92.5 Å². The molecule has 8 heteroatoms. The van der Waals surface area contributed by atoms with Gasteiger partial charge >= 0.3 is 0 Å². The Morgan fingerprint density at radius 3 is 2.86 bits per heavy atom. The van der Waals surface area contributed by atoms with Gasteiger partial charge < -0.3 is 11.1 Å². The zero-order chi connectivity index (χ0) is 15.2. The second kappa shape index (κ2) is 5.26. The summed E-state index contributed by atoms with van der Waals surface area (Å²) in [5, 5.41) is 2.76. The Bertz CT molecular complexity index is 692. The summed E-state index contributed by atoms with van der Waals surface area (Å²) in [6.45, 7) is 0.824. The van der Waals surface area contributed by atoms with Crippen LogP contribution in [0.1, 0.15) is 12.8 Å². The minimum absolute atomic E-state index is 0.0451. The smallest absolute Gasteiger partial charge is 0.244 e. The van der Waals surface area contributed by atoms with Gasteiger partial charge in [0.2, 0.25) is 15.9 Å². The molecule has 114 valence electrons. The molecule has 1 amide bonds. The predicted molar refractivity (Wildman–Crippen MR) is 82.0 cm³/mol. The molecule has 21 heavy (non-hydrogen) atoms. The van der Waals surface area contributed by atoms with Crippen LogP contribution < -0.4 is 11.1 Å². The van der Waals surface area contributed by atoms with Crippen LogP contribution in [0.3, 0.4) is 0 Å². The molecule has 2 saturated heterocycles. The summed E-state index contributed by atoms with van der Waals surface area (Å²) < 4.78 is 27.7. The molecular weight excluding hydrogens is 358 g/mol. The minimum Gasteiger partial charge on any atom is -0.399 e. The number of piperidine rings is 1. The number of benzene rings is 1. The number of nitrogen functional groups attached to an aromatic ring is 1. The molecule has 2 heterocycles. The fourth-order valence-corrected chi connectivity index (χ4v) is 5.82. The van der Waals surface area contributed by atoms with Gasteiger partial charge in [-0.1, -0.05) is 0 Å². The Labute approximate surface area is 131 Å². The van der Waals surface area contributed by atoms with E-state index in [1.54, 1.807) is 12.1 Å². The number of hydrogen-bond acceptors (Lipinski definition) is 4. The molecular formula is C13H16BrN3O3S. The predicted octanol–water partition coefficient (Wildman–Crippen LogP) is 0.930. The summed E-state index contributed by atoms with van der Waals surface area (Å²) in [7, 11) is -3.65. The number of anilines is 1. The molecule has 2 atom stereocenters. The van der Waals surface area contributed by atoms with Gasteiger partial charge in [0, 0.05) is 23.2 Å². The maximum atomic E-state index is 12.9. The van der Waals surface area contributed by atoms with Crippen LogP contribution in [-0.4, -0.2) is 37.8 Å². The molecule has 0 spiro atoms. The van der Waals surface area contributed by atoms with Gasteiger partial charge in [-0.3, -0.25) is 4.79 Å². The summed E-state index contributed by atoms with van der Waals surface area (Å²) in [6, 6.07) is 4.35. The molecule has 3 N–H and O–H groups in total. The highest BCUT2D eigenvalue weighted by atomic mass is 79.9. The van der Waals surface area contributed by atoms with E-state index in [0.717, 1.165) is 6.42 Å². The first kappa shape index (κ1) is 14.8. The molecule has 0 aromatic heterocycles. The second-order valence-corrected chi connectivity index (χ2v) is 8.08. The van der Waals surface area contributed by atoms with Gasteiger partial charge in [-0.25, -0.2) is 8.42 Å². The molecule has 2 aliphatic heterocycles. The molecule has 0 aliphatic carbocycles. The number of halogens is 1. The standard InChI is InChI=1S/C13H16BrN3O3S/c14-10-6-8(15)3-4-12(10)21(19,20)17-5-1-2-9-11(17)7-16-13(9)18/h3-4,6,9,11H,1-2,5,7,15H2,(H,16,18). The number of fused-ring (bicyclic) bond motifs is 1. The van der Waals surface area contributed by atoms with Crippen molar-refractivity contribution >= 4 is 37.5 Å². The molecule has 2 unspecified atom stereocenters.